The average Bonchev–Trinajstić information content (AvgIpc) is 2.79. The molecule has 0 saturated carbocycles. The van der Waals surface area contributed by atoms with Gasteiger partial charge in [0.05, 0.1) is 6.10 Å². The third-order valence-corrected chi connectivity index (χ3v) is 5.68. The van der Waals surface area contributed by atoms with E-state index in [0.29, 0.717) is 24.2 Å². The molecule has 1 unspecified atom stereocenters. The number of amides is 1. The van der Waals surface area contributed by atoms with Gasteiger partial charge in [-0.25, -0.2) is 0 Å². The molecular formula is C27H37NO3. The zero-order valence-electron chi connectivity index (χ0n) is 19.6. The van der Waals surface area contributed by atoms with E-state index >= 15 is 0 Å². The molecule has 2 aromatic rings. The summed E-state index contributed by atoms with van der Waals surface area (Å²) < 4.78 is 6.38. The van der Waals surface area contributed by atoms with Crippen LogP contribution < -0.4 is 4.74 Å². The van der Waals surface area contributed by atoms with Crippen LogP contribution in [0.5, 0.6) is 11.5 Å². The van der Waals surface area contributed by atoms with E-state index in [9.17, 15) is 9.90 Å². The lowest BCUT2D eigenvalue weighted by molar-refractivity contribution is 0.0772. The van der Waals surface area contributed by atoms with E-state index < -0.39 is 0 Å². The van der Waals surface area contributed by atoms with Crippen molar-refractivity contribution in [2.24, 2.45) is 0 Å². The maximum atomic E-state index is 12.7. The standard InChI is InChI=1S/C27H37NO3/c1-6-11-14-21(7-2)31-26-16-13-12-15-24(26)22(8-3)23-18-17-20(19-25(23)29)27(30)28(9-4)10-5/h8,12-13,15-19,21,29H,6-7,9-11,14H2,1-5H3/b22-8-. The summed E-state index contributed by atoms with van der Waals surface area (Å²) >= 11 is 0. The number of phenols is 1. The van der Waals surface area contributed by atoms with Crippen molar-refractivity contribution in [3.63, 3.8) is 0 Å². The number of rotatable bonds is 11. The molecule has 0 heterocycles. The smallest absolute Gasteiger partial charge is 0.253 e. The molecule has 0 fully saturated rings. The number of ether oxygens (including phenoxy) is 1. The summed E-state index contributed by atoms with van der Waals surface area (Å²) in [7, 11) is 0. The fourth-order valence-corrected chi connectivity index (χ4v) is 3.79. The van der Waals surface area contributed by atoms with Gasteiger partial charge in [0.2, 0.25) is 0 Å². The van der Waals surface area contributed by atoms with Gasteiger partial charge in [0, 0.05) is 29.8 Å². The number of carbonyl (C=O) groups is 1. The van der Waals surface area contributed by atoms with Gasteiger partial charge in [-0.15, -0.1) is 0 Å². The maximum Gasteiger partial charge on any atom is 0.253 e. The highest BCUT2D eigenvalue weighted by Gasteiger charge is 2.19. The van der Waals surface area contributed by atoms with Crippen LogP contribution in [0.4, 0.5) is 0 Å². The Morgan fingerprint density at radius 3 is 2.35 bits per heavy atom. The Hall–Kier alpha value is -2.75. The van der Waals surface area contributed by atoms with Crippen molar-refractivity contribution in [1.29, 1.82) is 0 Å². The Labute approximate surface area is 187 Å². The van der Waals surface area contributed by atoms with Crippen LogP contribution in [-0.2, 0) is 0 Å². The molecular weight excluding hydrogens is 386 g/mol. The molecule has 4 heteroatoms. The van der Waals surface area contributed by atoms with Crippen molar-refractivity contribution in [3.05, 3.63) is 65.2 Å². The normalized spacial score (nSPS) is 12.5. The summed E-state index contributed by atoms with van der Waals surface area (Å²) in [6.07, 6.45) is 6.42. The molecule has 0 aliphatic rings. The predicted molar refractivity (Wildman–Crippen MR) is 129 cm³/mol. The number of hydrogen-bond acceptors (Lipinski definition) is 3. The number of carbonyl (C=O) groups excluding carboxylic acids is 1. The Bertz CT molecular complexity index is 884. The van der Waals surface area contributed by atoms with E-state index in [1.165, 1.54) is 0 Å². The minimum Gasteiger partial charge on any atom is -0.507 e. The number of benzene rings is 2. The number of aromatic hydroxyl groups is 1. The summed E-state index contributed by atoms with van der Waals surface area (Å²) in [6.45, 7) is 11.5. The third kappa shape index (κ3) is 6.13. The molecule has 0 aromatic heterocycles. The van der Waals surface area contributed by atoms with E-state index in [4.69, 9.17) is 4.74 Å². The first-order valence-electron chi connectivity index (χ1n) is 11.5. The Kier molecular flexibility index (Phi) is 9.64. The second kappa shape index (κ2) is 12.2. The van der Waals surface area contributed by atoms with E-state index in [1.54, 1.807) is 17.0 Å². The van der Waals surface area contributed by atoms with Crippen molar-refractivity contribution in [3.8, 4) is 11.5 Å². The number of para-hydroxylation sites is 1. The van der Waals surface area contributed by atoms with Crippen LogP contribution in [0, 0.1) is 0 Å². The average molecular weight is 424 g/mol. The summed E-state index contributed by atoms with van der Waals surface area (Å²) in [4.78, 5) is 14.4. The predicted octanol–water partition coefficient (Wildman–Crippen LogP) is 6.67. The van der Waals surface area contributed by atoms with Crippen LogP contribution in [0.3, 0.4) is 0 Å². The molecule has 0 aliphatic heterocycles. The van der Waals surface area contributed by atoms with Gasteiger partial charge in [0.15, 0.2) is 0 Å². The molecule has 2 rings (SSSR count). The van der Waals surface area contributed by atoms with Gasteiger partial charge in [0.1, 0.15) is 11.5 Å². The van der Waals surface area contributed by atoms with E-state index in [0.717, 1.165) is 42.6 Å². The maximum absolute atomic E-state index is 12.7. The lowest BCUT2D eigenvalue weighted by Gasteiger charge is -2.22. The Morgan fingerprint density at radius 1 is 1.06 bits per heavy atom. The summed E-state index contributed by atoms with van der Waals surface area (Å²) in [5, 5.41) is 10.8. The molecule has 31 heavy (non-hydrogen) atoms. The molecule has 168 valence electrons. The molecule has 0 bridgehead atoms. The van der Waals surface area contributed by atoms with Crippen molar-refractivity contribution in [1.82, 2.24) is 4.90 Å². The highest BCUT2D eigenvalue weighted by Crippen LogP contribution is 2.36. The van der Waals surface area contributed by atoms with Crippen molar-refractivity contribution < 1.29 is 14.6 Å². The topological polar surface area (TPSA) is 49.8 Å². The van der Waals surface area contributed by atoms with Gasteiger partial charge in [-0.1, -0.05) is 51.0 Å². The lowest BCUT2D eigenvalue weighted by Crippen LogP contribution is -2.30. The number of nitrogens with zero attached hydrogens (tertiary/aromatic N) is 1. The van der Waals surface area contributed by atoms with Gasteiger partial charge < -0.3 is 14.7 Å². The van der Waals surface area contributed by atoms with Crippen LogP contribution in [0.25, 0.3) is 5.57 Å². The highest BCUT2D eigenvalue weighted by molar-refractivity contribution is 5.96. The quantitative estimate of drug-likeness (QED) is 0.439. The zero-order chi connectivity index (χ0) is 22.8. The fourth-order valence-electron chi connectivity index (χ4n) is 3.79. The minimum absolute atomic E-state index is 0.0701. The van der Waals surface area contributed by atoms with E-state index in [1.807, 2.05) is 57.2 Å². The molecule has 0 saturated heterocycles. The van der Waals surface area contributed by atoms with Gasteiger partial charge in [-0.3, -0.25) is 4.79 Å². The molecule has 1 atom stereocenters. The van der Waals surface area contributed by atoms with Crippen molar-refractivity contribution >= 4 is 11.5 Å². The Morgan fingerprint density at radius 2 is 1.77 bits per heavy atom. The molecule has 0 aliphatic carbocycles. The minimum atomic E-state index is -0.0701. The first-order valence-corrected chi connectivity index (χ1v) is 11.5. The number of phenolic OH excluding ortho intramolecular Hbond substituents is 1. The largest absolute Gasteiger partial charge is 0.507 e. The van der Waals surface area contributed by atoms with Crippen LogP contribution in [-0.4, -0.2) is 35.1 Å². The molecule has 0 radical (unpaired) electrons. The van der Waals surface area contributed by atoms with Gasteiger partial charge >= 0.3 is 0 Å². The summed E-state index contributed by atoms with van der Waals surface area (Å²) in [6, 6.07) is 13.1. The molecule has 4 nitrogen and oxygen atoms in total. The van der Waals surface area contributed by atoms with Crippen LogP contribution in [0.1, 0.15) is 81.8 Å². The SMILES string of the molecule is C/C=C(/c1ccc(C(=O)N(CC)CC)cc1O)c1ccccc1OC(CC)CCCC. The highest BCUT2D eigenvalue weighted by atomic mass is 16.5. The fraction of sp³-hybridized carbons (Fsp3) is 0.444. The Balaban J connectivity index is 2.38. The second-order valence-corrected chi connectivity index (χ2v) is 7.70. The molecule has 0 spiro atoms. The number of hydrogen-bond donors (Lipinski definition) is 1. The van der Waals surface area contributed by atoms with Gasteiger partial charge in [0.25, 0.3) is 5.91 Å². The number of allylic oxidation sites excluding steroid dienone is 1. The van der Waals surface area contributed by atoms with Gasteiger partial charge in [-0.2, -0.15) is 0 Å². The van der Waals surface area contributed by atoms with Crippen molar-refractivity contribution in [2.75, 3.05) is 13.1 Å². The molecule has 1 amide bonds. The summed E-state index contributed by atoms with van der Waals surface area (Å²) in [5.74, 6) is 0.847. The number of unbranched alkanes of at least 4 members (excludes halogenated alkanes) is 1. The van der Waals surface area contributed by atoms with Gasteiger partial charge in [-0.05, 0) is 63.5 Å². The monoisotopic (exact) mass is 423 g/mol. The molecule has 2 aromatic carbocycles. The zero-order valence-corrected chi connectivity index (χ0v) is 19.6. The van der Waals surface area contributed by atoms with Crippen molar-refractivity contribution in [2.45, 2.75) is 66.4 Å². The van der Waals surface area contributed by atoms with E-state index in [-0.39, 0.29) is 17.8 Å². The van der Waals surface area contributed by atoms with E-state index in [2.05, 4.69) is 13.8 Å². The van der Waals surface area contributed by atoms with Crippen LogP contribution >= 0.6 is 0 Å². The van der Waals surface area contributed by atoms with Crippen LogP contribution in [0.2, 0.25) is 0 Å². The third-order valence-electron chi connectivity index (χ3n) is 5.68. The first kappa shape index (κ1) is 24.5. The van der Waals surface area contributed by atoms with Crippen LogP contribution in [0.15, 0.2) is 48.5 Å². The second-order valence-electron chi connectivity index (χ2n) is 7.70. The molecule has 1 N–H and O–H groups in total. The lowest BCUT2D eigenvalue weighted by atomic mass is 9.94. The first-order chi connectivity index (χ1) is 15.0. The summed E-state index contributed by atoms with van der Waals surface area (Å²) in [5.41, 5.74) is 3.02.